The largest absolute Gasteiger partial charge is 0.494 e. The molecule has 19 heavy (non-hydrogen) atoms. The second-order valence-electron chi connectivity index (χ2n) is 5.00. The third-order valence-electron chi connectivity index (χ3n) is 3.31. The molecule has 0 fully saturated rings. The van der Waals surface area contributed by atoms with Crippen LogP contribution in [0.2, 0.25) is 0 Å². The third kappa shape index (κ3) is 5.17. The predicted molar refractivity (Wildman–Crippen MR) is 77.0 cm³/mol. The molecule has 0 aliphatic carbocycles. The van der Waals surface area contributed by atoms with Gasteiger partial charge in [0, 0.05) is 13.1 Å². The molecule has 108 valence electrons. The van der Waals surface area contributed by atoms with Gasteiger partial charge in [0.2, 0.25) is 0 Å². The topological polar surface area (TPSA) is 24.5 Å². The zero-order valence-corrected chi connectivity index (χ0v) is 12.4. The van der Waals surface area contributed by atoms with E-state index < -0.39 is 0 Å². The Balaban J connectivity index is 2.56. The maximum absolute atomic E-state index is 13.6. The minimum absolute atomic E-state index is 0.296. The van der Waals surface area contributed by atoms with Crippen LogP contribution in [0, 0.1) is 11.7 Å². The number of methoxy groups -OCH3 is 1. The van der Waals surface area contributed by atoms with E-state index in [9.17, 15) is 4.39 Å². The van der Waals surface area contributed by atoms with Gasteiger partial charge in [-0.1, -0.05) is 19.4 Å². The van der Waals surface area contributed by atoms with Crippen LogP contribution in [0.4, 0.5) is 4.39 Å². The summed E-state index contributed by atoms with van der Waals surface area (Å²) in [5, 5.41) is 3.21. The molecule has 0 radical (unpaired) electrons. The molecule has 1 N–H and O–H groups in total. The highest BCUT2D eigenvalue weighted by Crippen LogP contribution is 2.18. The number of hydrogen-bond acceptors (Lipinski definition) is 3. The van der Waals surface area contributed by atoms with Crippen molar-refractivity contribution < 1.29 is 9.13 Å². The summed E-state index contributed by atoms with van der Waals surface area (Å²) in [6.45, 7) is 4.97. The quantitative estimate of drug-likeness (QED) is 0.784. The Labute approximate surface area is 115 Å². The first-order valence-electron chi connectivity index (χ1n) is 6.76. The zero-order valence-electron chi connectivity index (χ0n) is 12.4. The minimum atomic E-state index is -0.296. The fourth-order valence-electron chi connectivity index (χ4n) is 2.25. The van der Waals surface area contributed by atoms with Crippen LogP contribution in [-0.4, -0.2) is 39.2 Å². The van der Waals surface area contributed by atoms with Crippen molar-refractivity contribution in [3.05, 3.63) is 29.6 Å². The number of nitrogens with zero attached hydrogens (tertiary/aromatic N) is 1. The Kier molecular flexibility index (Phi) is 6.81. The number of ether oxygens (including phenoxy) is 1. The smallest absolute Gasteiger partial charge is 0.165 e. The average molecular weight is 268 g/mol. The Morgan fingerprint density at radius 3 is 2.68 bits per heavy atom. The van der Waals surface area contributed by atoms with Gasteiger partial charge in [-0.2, -0.15) is 0 Å². The van der Waals surface area contributed by atoms with Crippen molar-refractivity contribution in [3.8, 4) is 5.75 Å². The van der Waals surface area contributed by atoms with Crippen LogP contribution in [0.5, 0.6) is 5.75 Å². The van der Waals surface area contributed by atoms with E-state index in [0.717, 1.165) is 31.6 Å². The lowest BCUT2D eigenvalue weighted by Gasteiger charge is -2.23. The minimum Gasteiger partial charge on any atom is -0.494 e. The SMILES string of the molecule is CCC(CNC)CN(C)Cc1ccc(OC)c(F)c1. The first-order valence-corrected chi connectivity index (χ1v) is 6.76. The lowest BCUT2D eigenvalue weighted by molar-refractivity contribution is 0.261. The molecule has 0 aromatic heterocycles. The maximum atomic E-state index is 13.6. The molecule has 1 unspecified atom stereocenters. The van der Waals surface area contributed by atoms with E-state index >= 15 is 0 Å². The number of rotatable bonds is 8. The summed E-state index contributed by atoms with van der Waals surface area (Å²) in [6, 6.07) is 5.15. The van der Waals surface area contributed by atoms with Crippen LogP contribution in [0.15, 0.2) is 18.2 Å². The molecule has 0 bridgehead atoms. The Bertz CT molecular complexity index is 384. The maximum Gasteiger partial charge on any atom is 0.165 e. The van der Waals surface area contributed by atoms with Crippen LogP contribution < -0.4 is 10.1 Å². The van der Waals surface area contributed by atoms with Crippen molar-refractivity contribution >= 4 is 0 Å². The van der Waals surface area contributed by atoms with Gasteiger partial charge in [0.15, 0.2) is 11.6 Å². The van der Waals surface area contributed by atoms with Gasteiger partial charge in [-0.15, -0.1) is 0 Å². The zero-order chi connectivity index (χ0) is 14.3. The van der Waals surface area contributed by atoms with E-state index in [-0.39, 0.29) is 5.82 Å². The molecule has 1 atom stereocenters. The predicted octanol–water partition coefficient (Wildman–Crippen LogP) is 2.51. The Morgan fingerprint density at radius 1 is 1.42 bits per heavy atom. The van der Waals surface area contributed by atoms with Crippen molar-refractivity contribution in [2.75, 3.05) is 34.3 Å². The summed E-state index contributed by atoms with van der Waals surface area (Å²) >= 11 is 0. The summed E-state index contributed by atoms with van der Waals surface area (Å²) in [4.78, 5) is 2.23. The van der Waals surface area contributed by atoms with E-state index in [1.807, 2.05) is 13.1 Å². The van der Waals surface area contributed by atoms with Crippen molar-refractivity contribution in [3.63, 3.8) is 0 Å². The molecule has 0 saturated carbocycles. The van der Waals surface area contributed by atoms with Crippen LogP contribution in [-0.2, 0) is 6.54 Å². The van der Waals surface area contributed by atoms with Gasteiger partial charge < -0.3 is 15.0 Å². The van der Waals surface area contributed by atoms with Crippen LogP contribution in [0.3, 0.4) is 0 Å². The summed E-state index contributed by atoms with van der Waals surface area (Å²) in [6.07, 6.45) is 1.14. The van der Waals surface area contributed by atoms with Gasteiger partial charge in [0.25, 0.3) is 0 Å². The molecule has 1 aromatic rings. The van der Waals surface area contributed by atoms with E-state index in [1.54, 1.807) is 12.1 Å². The van der Waals surface area contributed by atoms with Crippen LogP contribution >= 0.6 is 0 Å². The molecule has 0 saturated heterocycles. The molecule has 3 nitrogen and oxygen atoms in total. The van der Waals surface area contributed by atoms with Gasteiger partial charge in [0.05, 0.1) is 7.11 Å². The molecule has 0 spiro atoms. The standard InChI is InChI=1S/C15H25FN2O/c1-5-12(9-17-2)10-18(3)11-13-6-7-15(19-4)14(16)8-13/h6-8,12,17H,5,9-11H2,1-4H3. The molecule has 1 aromatic carbocycles. The van der Waals surface area contributed by atoms with E-state index in [2.05, 4.69) is 24.2 Å². The van der Waals surface area contributed by atoms with Gasteiger partial charge in [-0.05, 0) is 44.3 Å². The average Bonchev–Trinajstić information content (AvgIpc) is 2.38. The number of hydrogen-bond donors (Lipinski definition) is 1. The Hall–Kier alpha value is -1.13. The second-order valence-corrected chi connectivity index (χ2v) is 5.00. The molecule has 4 heteroatoms. The summed E-state index contributed by atoms with van der Waals surface area (Å²) in [7, 11) is 5.52. The highest BCUT2D eigenvalue weighted by atomic mass is 19.1. The third-order valence-corrected chi connectivity index (χ3v) is 3.31. The van der Waals surface area contributed by atoms with Gasteiger partial charge in [-0.3, -0.25) is 0 Å². The van der Waals surface area contributed by atoms with E-state index in [4.69, 9.17) is 4.74 Å². The van der Waals surface area contributed by atoms with Crippen LogP contribution in [0.25, 0.3) is 0 Å². The molecule has 0 aliphatic rings. The number of benzene rings is 1. The second kappa shape index (κ2) is 8.12. The van der Waals surface area contributed by atoms with Crippen LogP contribution in [0.1, 0.15) is 18.9 Å². The number of nitrogens with one attached hydrogen (secondary N) is 1. The lowest BCUT2D eigenvalue weighted by Crippen LogP contribution is -2.30. The van der Waals surface area contributed by atoms with Crippen molar-refractivity contribution in [1.82, 2.24) is 10.2 Å². The van der Waals surface area contributed by atoms with Gasteiger partial charge in [-0.25, -0.2) is 4.39 Å². The van der Waals surface area contributed by atoms with Crippen molar-refractivity contribution in [2.45, 2.75) is 19.9 Å². The van der Waals surface area contributed by atoms with Gasteiger partial charge >= 0.3 is 0 Å². The van der Waals surface area contributed by atoms with Crippen molar-refractivity contribution in [2.24, 2.45) is 5.92 Å². The normalized spacial score (nSPS) is 12.7. The molecular weight excluding hydrogens is 243 g/mol. The molecule has 0 aliphatic heterocycles. The highest BCUT2D eigenvalue weighted by molar-refractivity contribution is 5.29. The molecular formula is C15H25FN2O. The van der Waals surface area contributed by atoms with E-state index in [0.29, 0.717) is 11.7 Å². The number of halogens is 1. The Morgan fingerprint density at radius 2 is 2.16 bits per heavy atom. The highest BCUT2D eigenvalue weighted by Gasteiger charge is 2.10. The lowest BCUT2D eigenvalue weighted by atomic mass is 10.1. The monoisotopic (exact) mass is 268 g/mol. The fraction of sp³-hybridized carbons (Fsp3) is 0.600. The van der Waals surface area contributed by atoms with Gasteiger partial charge in [0.1, 0.15) is 0 Å². The molecule has 0 amide bonds. The first-order chi connectivity index (χ1) is 9.10. The first kappa shape index (κ1) is 15.9. The summed E-state index contributed by atoms with van der Waals surface area (Å²) in [5.74, 6) is 0.627. The molecule has 0 heterocycles. The molecule has 1 rings (SSSR count). The van der Waals surface area contributed by atoms with E-state index in [1.165, 1.54) is 7.11 Å². The summed E-state index contributed by atoms with van der Waals surface area (Å²) < 4.78 is 18.5. The summed E-state index contributed by atoms with van der Waals surface area (Å²) in [5.41, 5.74) is 0.972. The van der Waals surface area contributed by atoms with Crippen molar-refractivity contribution in [1.29, 1.82) is 0 Å². The fourth-order valence-corrected chi connectivity index (χ4v) is 2.25.